The van der Waals surface area contributed by atoms with Crippen molar-refractivity contribution in [3.05, 3.63) is 72.3 Å². The van der Waals surface area contributed by atoms with Crippen molar-refractivity contribution in [3.8, 4) is 11.3 Å². The molecule has 0 aliphatic carbocycles. The van der Waals surface area contributed by atoms with Gasteiger partial charge in [-0.1, -0.05) is 0 Å². The van der Waals surface area contributed by atoms with Crippen molar-refractivity contribution in [2.45, 2.75) is 11.8 Å². The predicted octanol–water partition coefficient (Wildman–Crippen LogP) is 1.65. The van der Waals surface area contributed by atoms with Gasteiger partial charge in [-0.3, -0.25) is 9.97 Å². The van der Waals surface area contributed by atoms with Crippen LogP contribution in [0.3, 0.4) is 0 Å². The molecule has 32 heavy (non-hydrogen) atoms. The van der Waals surface area contributed by atoms with Crippen LogP contribution in [0.5, 0.6) is 0 Å². The average Bonchev–Trinajstić information content (AvgIpc) is 2.73. The van der Waals surface area contributed by atoms with Gasteiger partial charge in [-0.05, 0) is 61.0 Å². The molecule has 2 aromatic heterocycles. The molecule has 0 atom stereocenters. The first kappa shape index (κ1) is 23.9. The number of benzene rings is 2. The van der Waals surface area contributed by atoms with Crippen molar-refractivity contribution in [1.29, 1.82) is 0 Å². The van der Waals surface area contributed by atoms with Crippen LogP contribution in [-0.2, 0) is 10.1 Å². The summed E-state index contributed by atoms with van der Waals surface area (Å²) in [6.07, 6.45) is 2.89. The minimum absolute atomic E-state index is 0. The number of anilines is 1. The molecule has 2 heterocycles. The maximum atomic E-state index is 13.3. The molecule has 0 spiro atoms. The first-order valence-electron chi connectivity index (χ1n) is 9.01. The first-order valence-corrected chi connectivity index (χ1v) is 10.4. The Balaban J connectivity index is 0.00000289. The average molecular weight is 459 g/mol. The van der Waals surface area contributed by atoms with Gasteiger partial charge in [0, 0.05) is 17.1 Å². The summed E-state index contributed by atoms with van der Waals surface area (Å²) in [7, 11) is -4.78. The zero-order chi connectivity index (χ0) is 22.2. The molecule has 0 aliphatic rings. The van der Waals surface area contributed by atoms with Gasteiger partial charge >= 0.3 is 29.6 Å². The van der Waals surface area contributed by atoms with E-state index in [-0.39, 0.29) is 57.7 Å². The number of hydrogen-bond donors (Lipinski definition) is 1. The molecule has 0 amide bonds. The number of halogens is 1. The number of aromatic nitrogens is 2. The van der Waals surface area contributed by atoms with E-state index in [0.29, 0.717) is 11.4 Å². The second-order valence-electron chi connectivity index (χ2n) is 6.72. The summed E-state index contributed by atoms with van der Waals surface area (Å²) in [5.41, 5.74) is 8.83. The number of hydrogen-bond acceptors (Lipinski definition) is 8. The fourth-order valence-electron chi connectivity index (χ4n) is 3.14. The van der Waals surface area contributed by atoms with Gasteiger partial charge in [0.15, 0.2) is 0 Å². The Morgan fingerprint density at radius 1 is 1.06 bits per heavy atom. The van der Waals surface area contributed by atoms with E-state index in [1.807, 2.05) is 0 Å². The summed E-state index contributed by atoms with van der Waals surface area (Å²) in [5.74, 6) is -0.325. The summed E-state index contributed by atoms with van der Waals surface area (Å²) >= 11 is 0. The molecule has 2 N–H and O–H groups in total. The van der Waals surface area contributed by atoms with Crippen LogP contribution < -0.4 is 35.3 Å². The Morgan fingerprint density at radius 2 is 1.84 bits per heavy atom. The van der Waals surface area contributed by atoms with Crippen molar-refractivity contribution in [2.75, 3.05) is 5.73 Å². The molecular formula is C21H15FN5NaO3S. The maximum absolute atomic E-state index is 13.3. The molecule has 4 aromatic rings. The number of pyridine rings is 2. The maximum Gasteiger partial charge on any atom is 1.00 e. The smallest absolute Gasteiger partial charge is 0.744 e. The van der Waals surface area contributed by atoms with Crippen molar-refractivity contribution < 1.29 is 46.9 Å². The number of nitrogens with two attached hydrogens (primary N) is 1. The Kier molecular flexibility index (Phi) is 7.01. The first-order chi connectivity index (χ1) is 14.7. The Morgan fingerprint density at radius 3 is 2.50 bits per heavy atom. The van der Waals surface area contributed by atoms with E-state index in [2.05, 4.69) is 20.2 Å². The standard InChI is InChI=1S/C21H16FN5O3S.Na/c1-12-9-13(22)4-6-15(12)17-7-5-14(11-25-17)26-27-18-10-19(31(28,29)30)16-3-2-8-24-21(16)20(18)23;/h2-11H,23H2,1H3,(H,28,29,30);/q;+1/p-1. The van der Waals surface area contributed by atoms with Crippen LogP contribution >= 0.6 is 0 Å². The molecule has 0 saturated carbocycles. The monoisotopic (exact) mass is 459 g/mol. The topological polar surface area (TPSA) is 134 Å². The van der Waals surface area contributed by atoms with E-state index in [1.54, 1.807) is 25.1 Å². The van der Waals surface area contributed by atoms with E-state index in [1.165, 1.54) is 36.7 Å². The second-order valence-corrected chi connectivity index (χ2v) is 8.07. The fourth-order valence-corrected chi connectivity index (χ4v) is 3.83. The molecule has 0 radical (unpaired) electrons. The van der Waals surface area contributed by atoms with E-state index in [9.17, 15) is 17.4 Å². The molecule has 11 heteroatoms. The van der Waals surface area contributed by atoms with Crippen LogP contribution in [0, 0.1) is 12.7 Å². The fraction of sp³-hybridized carbons (Fsp3) is 0.0476. The SMILES string of the molecule is Cc1cc(F)ccc1-c1ccc(N=Nc2cc(S(=O)(=O)[O-])c3cccnc3c2N)cn1.[Na+]. The largest absolute Gasteiger partial charge is 1.00 e. The van der Waals surface area contributed by atoms with Crippen LogP contribution in [0.4, 0.5) is 21.5 Å². The molecule has 0 bridgehead atoms. The third-order valence-corrected chi connectivity index (χ3v) is 5.50. The van der Waals surface area contributed by atoms with Gasteiger partial charge in [0.05, 0.1) is 28.0 Å². The minimum atomic E-state index is -4.78. The summed E-state index contributed by atoms with van der Waals surface area (Å²) in [5, 5.41) is 8.16. The number of nitrogens with zero attached hydrogens (tertiary/aromatic N) is 4. The van der Waals surface area contributed by atoms with E-state index >= 15 is 0 Å². The molecule has 0 unspecified atom stereocenters. The second kappa shape index (κ2) is 9.39. The molecule has 2 aromatic carbocycles. The summed E-state index contributed by atoms with van der Waals surface area (Å²) in [6, 6.07) is 11.8. The number of azo groups is 1. The zero-order valence-corrected chi connectivity index (χ0v) is 20.0. The van der Waals surface area contributed by atoms with E-state index in [0.717, 1.165) is 17.2 Å². The van der Waals surface area contributed by atoms with Gasteiger partial charge in [-0.25, -0.2) is 12.8 Å². The summed E-state index contributed by atoms with van der Waals surface area (Å²) < 4.78 is 48.3. The van der Waals surface area contributed by atoms with Crippen LogP contribution in [0.15, 0.2) is 76.0 Å². The molecule has 8 nitrogen and oxygen atoms in total. The third kappa shape index (κ3) is 4.84. The number of fused-ring (bicyclic) bond motifs is 1. The van der Waals surface area contributed by atoms with Crippen LogP contribution in [-0.4, -0.2) is 22.9 Å². The van der Waals surface area contributed by atoms with Gasteiger partial charge in [0.2, 0.25) is 0 Å². The van der Waals surface area contributed by atoms with Gasteiger partial charge in [0.1, 0.15) is 27.3 Å². The van der Waals surface area contributed by atoms with E-state index < -0.39 is 15.0 Å². The molecule has 0 fully saturated rings. The van der Waals surface area contributed by atoms with Crippen molar-refractivity contribution in [2.24, 2.45) is 10.2 Å². The Hall–Kier alpha value is -2.76. The number of nitrogen functional groups attached to an aromatic ring is 1. The number of rotatable bonds is 4. The van der Waals surface area contributed by atoms with Crippen molar-refractivity contribution >= 4 is 38.1 Å². The zero-order valence-electron chi connectivity index (χ0n) is 17.2. The van der Waals surface area contributed by atoms with Crippen molar-refractivity contribution in [3.63, 3.8) is 0 Å². The third-order valence-electron chi connectivity index (χ3n) is 4.63. The molecular weight excluding hydrogens is 444 g/mol. The predicted molar refractivity (Wildman–Crippen MR) is 113 cm³/mol. The van der Waals surface area contributed by atoms with Gasteiger partial charge < -0.3 is 10.3 Å². The van der Waals surface area contributed by atoms with Gasteiger partial charge in [0.25, 0.3) is 0 Å². The molecule has 4 rings (SSSR count). The number of aryl methyl sites for hydroxylation is 1. The quantitative estimate of drug-likeness (QED) is 0.213. The van der Waals surface area contributed by atoms with Gasteiger partial charge in [-0.2, -0.15) is 0 Å². The molecule has 156 valence electrons. The van der Waals surface area contributed by atoms with Crippen LogP contribution in [0.1, 0.15) is 5.56 Å². The van der Waals surface area contributed by atoms with Crippen LogP contribution in [0.2, 0.25) is 0 Å². The van der Waals surface area contributed by atoms with E-state index in [4.69, 9.17) is 5.73 Å². The molecule has 0 aliphatic heterocycles. The normalized spacial score (nSPS) is 11.6. The Bertz CT molecular complexity index is 1440. The van der Waals surface area contributed by atoms with Crippen molar-refractivity contribution in [1.82, 2.24) is 9.97 Å². The summed E-state index contributed by atoms with van der Waals surface area (Å²) in [6.45, 7) is 1.78. The van der Waals surface area contributed by atoms with Gasteiger partial charge in [-0.15, -0.1) is 10.2 Å². The Labute approximate surface area is 205 Å². The molecule has 0 saturated heterocycles. The van der Waals surface area contributed by atoms with Crippen LogP contribution in [0.25, 0.3) is 22.2 Å². The summed E-state index contributed by atoms with van der Waals surface area (Å²) in [4.78, 5) is 7.90. The minimum Gasteiger partial charge on any atom is -0.744 e.